The van der Waals surface area contributed by atoms with Crippen molar-refractivity contribution in [2.24, 2.45) is 11.7 Å². The van der Waals surface area contributed by atoms with E-state index in [4.69, 9.17) is 5.73 Å². The SMILES string of the molecule is N[C@@H](CC1CCCCC1)[C@@H](O)[C@@H]1CCNC(=O)N1. The number of carbonyl (C=O) groups excluding carboxylic acids is 1. The third-order valence-corrected chi connectivity index (χ3v) is 4.24. The van der Waals surface area contributed by atoms with Gasteiger partial charge in [-0.3, -0.25) is 0 Å². The monoisotopic (exact) mass is 255 g/mol. The van der Waals surface area contributed by atoms with Crippen LogP contribution in [0, 0.1) is 5.92 Å². The molecule has 18 heavy (non-hydrogen) atoms. The van der Waals surface area contributed by atoms with Crippen LogP contribution in [0.2, 0.25) is 0 Å². The molecule has 0 bridgehead atoms. The van der Waals surface area contributed by atoms with E-state index in [1.165, 1.54) is 32.1 Å². The molecule has 2 rings (SSSR count). The Balaban J connectivity index is 1.79. The van der Waals surface area contributed by atoms with Crippen LogP contribution < -0.4 is 16.4 Å². The Morgan fingerprint density at radius 1 is 1.28 bits per heavy atom. The number of hydrogen-bond donors (Lipinski definition) is 4. The molecule has 5 heteroatoms. The molecule has 3 atom stereocenters. The van der Waals surface area contributed by atoms with Crippen LogP contribution >= 0.6 is 0 Å². The third kappa shape index (κ3) is 3.59. The fourth-order valence-electron chi connectivity index (χ4n) is 3.13. The summed E-state index contributed by atoms with van der Waals surface area (Å²) < 4.78 is 0. The van der Waals surface area contributed by atoms with Gasteiger partial charge in [0.2, 0.25) is 0 Å². The van der Waals surface area contributed by atoms with Crippen molar-refractivity contribution in [3.8, 4) is 0 Å². The molecule has 1 saturated carbocycles. The number of nitrogens with one attached hydrogen (secondary N) is 2. The molecule has 0 radical (unpaired) electrons. The number of hydrogen-bond acceptors (Lipinski definition) is 3. The van der Waals surface area contributed by atoms with Crippen LogP contribution in [-0.4, -0.2) is 35.9 Å². The molecule has 1 aliphatic carbocycles. The van der Waals surface area contributed by atoms with Gasteiger partial charge in [-0.1, -0.05) is 32.1 Å². The zero-order valence-corrected chi connectivity index (χ0v) is 10.9. The summed E-state index contributed by atoms with van der Waals surface area (Å²) in [5.41, 5.74) is 6.10. The molecular formula is C13H25N3O2. The second-order valence-electron chi connectivity index (χ2n) is 5.69. The molecule has 2 amide bonds. The van der Waals surface area contributed by atoms with E-state index in [2.05, 4.69) is 10.6 Å². The van der Waals surface area contributed by atoms with Crippen LogP contribution in [0.4, 0.5) is 4.79 Å². The van der Waals surface area contributed by atoms with Crippen LogP contribution in [0.1, 0.15) is 44.9 Å². The fraction of sp³-hybridized carbons (Fsp3) is 0.923. The van der Waals surface area contributed by atoms with E-state index < -0.39 is 6.10 Å². The maximum Gasteiger partial charge on any atom is 0.315 e. The lowest BCUT2D eigenvalue weighted by Gasteiger charge is -2.33. The molecule has 0 aromatic rings. The number of rotatable bonds is 4. The largest absolute Gasteiger partial charge is 0.389 e. The number of aliphatic hydroxyl groups excluding tert-OH is 1. The van der Waals surface area contributed by atoms with Crippen molar-refractivity contribution in [3.63, 3.8) is 0 Å². The van der Waals surface area contributed by atoms with Gasteiger partial charge in [0.05, 0.1) is 12.1 Å². The quantitative estimate of drug-likeness (QED) is 0.597. The number of nitrogens with two attached hydrogens (primary N) is 1. The predicted octanol–water partition coefficient (Wildman–Crippen LogP) is 0.716. The van der Waals surface area contributed by atoms with Crippen molar-refractivity contribution in [2.75, 3.05) is 6.54 Å². The van der Waals surface area contributed by atoms with Crippen molar-refractivity contribution in [2.45, 2.75) is 63.1 Å². The molecule has 2 fully saturated rings. The Morgan fingerprint density at radius 2 is 2.00 bits per heavy atom. The normalized spacial score (nSPS) is 29.2. The highest BCUT2D eigenvalue weighted by atomic mass is 16.3. The first kappa shape index (κ1) is 13.6. The first-order chi connectivity index (χ1) is 8.66. The van der Waals surface area contributed by atoms with Gasteiger partial charge in [-0.25, -0.2) is 4.79 Å². The standard InChI is InChI=1S/C13H25N3O2/c14-10(8-9-4-2-1-3-5-9)12(17)11-6-7-15-13(18)16-11/h9-12,17H,1-8,14H2,(H2,15,16,18)/t10-,11-,12+/m0/s1. The van der Waals surface area contributed by atoms with E-state index in [9.17, 15) is 9.90 Å². The van der Waals surface area contributed by atoms with Crippen molar-refractivity contribution >= 4 is 6.03 Å². The first-order valence-electron chi connectivity index (χ1n) is 7.15. The predicted molar refractivity (Wildman–Crippen MR) is 70.1 cm³/mol. The number of urea groups is 1. The highest BCUT2D eigenvalue weighted by Gasteiger charge is 2.30. The first-order valence-corrected chi connectivity index (χ1v) is 7.15. The van der Waals surface area contributed by atoms with Crippen molar-refractivity contribution < 1.29 is 9.90 Å². The Bertz CT molecular complexity index is 279. The maximum atomic E-state index is 11.2. The lowest BCUT2D eigenvalue weighted by molar-refractivity contribution is 0.0827. The number of amides is 2. The van der Waals surface area contributed by atoms with Gasteiger partial charge in [-0.05, 0) is 18.8 Å². The molecule has 2 aliphatic rings. The summed E-state index contributed by atoms with van der Waals surface area (Å²) in [6.07, 6.45) is 7.37. The summed E-state index contributed by atoms with van der Waals surface area (Å²) in [6, 6.07) is -0.621. The van der Waals surface area contributed by atoms with E-state index in [0.29, 0.717) is 12.5 Å². The van der Waals surface area contributed by atoms with E-state index in [0.717, 1.165) is 12.8 Å². The van der Waals surface area contributed by atoms with Crippen molar-refractivity contribution in [1.29, 1.82) is 0 Å². The minimum absolute atomic E-state index is 0.197. The van der Waals surface area contributed by atoms with Crippen molar-refractivity contribution in [3.05, 3.63) is 0 Å². The highest BCUT2D eigenvalue weighted by molar-refractivity contribution is 5.75. The molecule has 1 heterocycles. The molecule has 0 unspecified atom stereocenters. The molecular weight excluding hydrogens is 230 g/mol. The second-order valence-corrected chi connectivity index (χ2v) is 5.69. The van der Waals surface area contributed by atoms with E-state index in [1.54, 1.807) is 0 Å². The average Bonchev–Trinajstić information content (AvgIpc) is 2.39. The molecule has 1 aliphatic heterocycles. The molecule has 0 aromatic heterocycles. The van der Waals surface area contributed by atoms with Gasteiger partial charge in [0.15, 0.2) is 0 Å². The molecule has 0 spiro atoms. The van der Waals surface area contributed by atoms with Gasteiger partial charge in [0, 0.05) is 12.6 Å². The Hall–Kier alpha value is -0.810. The van der Waals surface area contributed by atoms with E-state index >= 15 is 0 Å². The smallest absolute Gasteiger partial charge is 0.315 e. The van der Waals surface area contributed by atoms with E-state index in [-0.39, 0.29) is 18.1 Å². The topological polar surface area (TPSA) is 87.4 Å². The Labute approximate surface area is 109 Å². The van der Waals surface area contributed by atoms with Crippen molar-refractivity contribution in [1.82, 2.24) is 10.6 Å². The van der Waals surface area contributed by atoms with Gasteiger partial charge < -0.3 is 21.5 Å². The summed E-state index contributed by atoms with van der Waals surface area (Å²) in [7, 11) is 0. The zero-order valence-electron chi connectivity index (χ0n) is 10.9. The van der Waals surface area contributed by atoms with Gasteiger partial charge in [0.1, 0.15) is 0 Å². The molecule has 5 N–H and O–H groups in total. The fourth-order valence-corrected chi connectivity index (χ4v) is 3.13. The second kappa shape index (κ2) is 6.38. The van der Waals surface area contributed by atoms with Gasteiger partial charge >= 0.3 is 6.03 Å². The third-order valence-electron chi connectivity index (χ3n) is 4.24. The highest BCUT2D eigenvalue weighted by Crippen LogP contribution is 2.28. The van der Waals surface area contributed by atoms with Gasteiger partial charge in [-0.2, -0.15) is 0 Å². The summed E-state index contributed by atoms with van der Waals surface area (Å²) in [5, 5.41) is 15.7. The lowest BCUT2D eigenvalue weighted by atomic mass is 9.83. The summed E-state index contributed by atoms with van der Waals surface area (Å²) in [4.78, 5) is 11.2. The Morgan fingerprint density at radius 3 is 2.67 bits per heavy atom. The number of carbonyl (C=O) groups is 1. The maximum absolute atomic E-state index is 11.2. The molecule has 0 aromatic carbocycles. The minimum Gasteiger partial charge on any atom is -0.389 e. The van der Waals surface area contributed by atoms with Gasteiger partial charge in [0.25, 0.3) is 0 Å². The Kier molecular flexibility index (Phi) is 4.83. The van der Waals surface area contributed by atoms with Crippen LogP contribution in [0.15, 0.2) is 0 Å². The summed E-state index contributed by atoms with van der Waals surface area (Å²) in [5.74, 6) is 0.654. The molecule has 104 valence electrons. The van der Waals surface area contributed by atoms with Crippen LogP contribution in [0.25, 0.3) is 0 Å². The lowest BCUT2D eigenvalue weighted by Crippen LogP contribution is -2.58. The molecule has 5 nitrogen and oxygen atoms in total. The van der Waals surface area contributed by atoms with E-state index in [1.807, 2.05) is 0 Å². The van der Waals surface area contributed by atoms with Crippen LogP contribution in [0.5, 0.6) is 0 Å². The van der Waals surface area contributed by atoms with Gasteiger partial charge in [-0.15, -0.1) is 0 Å². The molecule has 1 saturated heterocycles. The number of aliphatic hydroxyl groups is 1. The summed E-state index contributed by atoms with van der Waals surface area (Å²) in [6.45, 7) is 0.615. The summed E-state index contributed by atoms with van der Waals surface area (Å²) >= 11 is 0. The zero-order chi connectivity index (χ0) is 13.0. The average molecular weight is 255 g/mol. The minimum atomic E-state index is -0.627. The van der Waals surface area contributed by atoms with Crippen LogP contribution in [0.3, 0.4) is 0 Å². The van der Waals surface area contributed by atoms with Crippen LogP contribution in [-0.2, 0) is 0 Å².